The Morgan fingerprint density at radius 1 is 1.31 bits per heavy atom. The highest BCUT2D eigenvalue weighted by Gasteiger charge is 2.43. The summed E-state index contributed by atoms with van der Waals surface area (Å²) in [7, 11) is 0. The molecule has 0 amide bonds. The van der Waals surface area contributed by atoms with Crippen LogP contribution in [-0.2, 0) is 0 Å². The molecule has 4 aromatic rings. The summed E-state index contributed by atoms with van der Waals surface area (Å²) in [5.41, 5.74) is 3.91. The van der Waals surface area contributed by atoms with Crippen molar-refractivity contribution in [2.45, 2.75) is 38.3 Å². The normalized spacial score (nSPS) is 19.4. The molecule has 7 heteroatoms. The fraction of sp³-hybridized carbons (Fsp3) is 0.273. The molecule has 3 aromatic heterocycles. The minimum atomic E-state index is -0.889. The van der Waals surface area contributed by atoms with Crippen LogP contribution in [0.15, 0.2) is 53.3 Å². The summed E-state index contributed by atoms with van der Waals surface area (Å²) in [4.78, 5) is 21.9. The average Bonchev–Trinajstić information content (AvgIpc) is 3.12. The number of alkyl halides is 1. The zero-order valence-corrected chi connectivity index (χ0v) is 16.0. The van der Waals surface area contributed by atoms with Crippen LogP contribution in [0.2, 0.25) is 0 Å². The number of halogens is 1. The number of rotatable bonds is 5. The van der Waals surface area contributed by atoms with Crippen LogP contribution < -0.4 is 0 Å². The third-order valence-electron chi connectivity index (χ3n) is 5.54. The van der Waals surface area contributed by atoms with E-state index in [4.69, 9.17) is 4.52 Å². The van der Waals surface area contributed by atoms with E-state index >= 15 is 0 Å². The number of aromatic nitrogens is 4. The number of ketones is 1. The Bertz CT molecular complexity index is 1230. The molecule has 5 rings (SSSR count). The molecule has 3 atom stereocenters. The smallest absolute Gasteiger partial charge is 0.233 e. The van der Waals surface area contributed by atoms with E-state index in [1.807, 2.05) is 56.4 Å². The molecular formula is C22H19FN4O2. The van der Waals surface area contributed by atoms with Crippen molar-refractivity contribution in [3.63, 3.8) is 0 Å². The van der Waals surface area contributed by atoms with Crippen molar-refractivity contribution in [2.24, 2.45) is 0 Å². The first-order chi connectivity index (χ1) is 14.0. The van der Waals surface area contributed by atoms with E-state index in [1.54, 1.807) is 10.6 Å². The summed E-state index contributed by atoms with van der Waals surface area (Å²) in [6, 6.07) is 11.4. The summed E-state index contributed by atoms with van der Waals surface area (Å²) >= 11 is 0. The van der Waals surface area contributed by atoms with Crippen molar-refractivity contribution < 1.29 is 13.7 Å². The number of fused-ring (bicyclic) bond motifs is 1. The monoisotopic (exact) mass is 390 g/mol. The van der Waals surface area contributed by atoms with Gasteiger partial charge in [-0.25, -0.2) is 9.37 Å². The molecule has 1 aromatic carbocycles. The molecule has 1 aliphatic rings. The number of hydrogen-bond donors (Lipinski definition) is 0. The SMILES string of the molecule is Cc1ccc(-c2noc([C@H]3C[C@@H]3F)n2)cc1C(C)C(=O)c1cnc2ccccn12. The van der Waals surface area contributed by atoms with Crippen LogP contribution in [0.5, 0.6) is 0 Å². The lowest BCUT2D eigenvalue weighted by molar-refractivity contribution is 0.0960. The number of pyridine rings is 1. The summed E-state index contributed by atoms with van der Waals surface area (Å²) in [5.74, 6) is 0.0761. The lowest BCUT2D eigenvalue weighted by atomic mass is 9.90. The number of hydrogen-bond acceptors (Lipinski definition) is 5. The highest BCUT2D eigenvalue weighted by atomic mass is 19.1. The van der Waals surface area contributed by atoms with Crippen LogP contribution in [-0.4, -0.2) is 31.5 Å². The van der Waals surface area contributed by atoms with Gasteiger partial charge >= 0.3 is 0 Å². The van der Waals surface area contributed by atoms with E-state index in [9.17, 15) is 9.18 Å². The molecule has 1 fully saturated rings. The van der Waals surface area contributed by atoms with Gasteiger partial charge in [0.05, 0.1) is 12.1 Å². The third kappa shape index (κ3) is 3.03. The van der Waals surface area contributed by atoms with Crippen LogP contribution in [0.3, 0.4) is 0 Å². The molecule has 0 N–H and O–H groups in total. The van der Waals surface area contributed by atoms with E-state index in [2.05, 4.69) is 15.1 Å². The zero-order valence-electron chi connectivity index (χ0n) is 16.0. The van der Waals surface area contributed by atoms with Crippen LogP contribution in [0.25, 0.3) is 17.0 Å². The Hall–Kier alpha value is -3.35. The lowest BCUT2D eigenvalue weighted by Crippen LogP contribution is -2.13. The number of benzene rings is 1. The summed E-state index contributed by atoms with van der Waals surface area (Å²) < 4.78 is 20.3. The van der Waals surface area contributed by atoms with Crippen molar-refractivity contribution >= 4 is 11.4 Å². The van der Waals surface area contributed by atoms with Gasteiger partial charge in [0.25, 0.3) is 0 Å². The third-order valence-corrected chi connectivity index (χ3v) is 5.54. The Morgan fingerprint density at radius 3 is 2.93 bits per heavy atom. The van der Waals surface area contributed by atoms with E-state index in [0.717, 1.165) is 22.3 Å². The van der Waals surface area contributed by atoms with Gasteiger partial charge in [0, 0.05) is 17.7 Å². The highest BCUT2D eigenvalue weighted by molar-refractivity contribution is 6.00. The number of aryl methyl sites for hydroxylation is 1. The van der Waals surface area contributed by atoms with Crippen molar-refractivity contribution in [3.05, 3.63) is 71.5 Å². The first kappa shape index (κ1) is 17.7. The zero-order chi connectivity index (χ0) is 20.1. The Labute approximate surface area is 166 Å². The second-order valence-electron chi connectivity index (χ2n) is 7.54. The Balaban J connectivity index is 1.48. The Morgan fingerprint density at radius 2 is 2.14 bits per heavy atom. The number of nitrogens with zero attached hydrogens (tertiary/aromatic N) is 4. The second kappa shape index (κ2) is 6.62. The second-order valence-corrected chi connectivity index (χ2v) is 7.54. The maximum atomic E-state index is 13.3. The van der Waals surface area contributed by atoms with Gasteiger partial charge in [-0.15, -0.1) is 0 Å². The van der Waals surface area contributed by atoms with Crippen LogP contribution in [0.1, 0.15) is 52.7 Å². The van der Waals surface area contributed by atoms with Gasteiger partial charge in [0.2, 0.25) is 11.7 Å². The van der Waals surface area contributed by atoms with Gasteiger partial charge < -0.3 is 4.52 Å². The van der Waals surface area contributed by atoms with E-state index in [1.165, 1.54) is 0 Å². The first-order valence-corrected chi connectivity index (χ1v) is 9.58. The predicted molar refractivity (Wildman–Crippen MR) is 105 cm³/mol. The van der Waals surface area contributed by atoms with Crippen LogP contribution in [0.4, 0.5) is 4.39 Å². The molecule has 0 bridgehead atoms. The van der Waals surface area contributed by atoms with Gasteiger partial charge in [-0.1, -0.05) is 30.3 Å². The predicted octanol–water partition coefficient (Wildman–Crippen LogP) is 4.50. The molecule has 3 heterocycles. The highest BCUT2D eigenvalue weighted by Crippen LogP contribution is 2.43. The van der Waals surface area contributed by atoms with Gasteiger partial charge in [0.15, 0.2) is 5.78 Å². The molecule has 6 nitrogen and oxygen atoms in total. The summed E-state index contributed by atoms with van der Waals surface area (Å²) in [5, 5.41) is 4.00. The van der Waals surface area contributed by atoms with Gasteiger partial charge in [-0.3, -0.25) is 9.20 Å². The summed E-state index contributed by atoms with van der Waals surface area (Å²) in [6.45, 7) is 3.85. The molecule has 1 aliphatic carbocycles. The molecule has 146 valence electrons. The van der Waals surface area contributed by atoms with Crippen molar-refractivity contribution in [1.29, 1.82) is 0 Å². The minimum Gasteiger partial charge on any atom is -0.339 e. The van der Waals surface area contributed by atoms with Crippen molar-refractivity contribution in [3.8, 4) is 11.4 Å². The molecule has 0 radical (unpaired) electrons. The van der Waals surface area contributed by atoms with Gasteiger partial charge in [-0.05, 0) is 42.7 Å². The summed E-state index contributed by atoms with van der Waals surface area (Å²) in [6.07, 6.45) is 3.00. The van der Waals surface area contributed by atoms with Crippen LogP contribution >= 0.6 is 0 Å². The molecule has 1 saturated carbocycles. The molecule has 0 aliphatic heterocycles. The maximum absolute atomic E-state index is 13.3. The lowest BCUT2D eigenvalue weighted by Gasteiger charge is -2.14. The van der Waals surface area contributed by atoms with Gasteiger partial charge in [-0.2, -0.15) is 4.98 Å². The van der Waals surface area contributed by atoms with Crippen molar-refractivity contribution in [2.75, 3.05) is 0 Å². The van der Waals surface area contributed by atoms with E-state index in [-0.39, 0.29) is 17.6 Å². The Kier molecular flexibility index (Phi) is 4.04. The van der Waals surface area contributed by atoms with E-state index in [0.29, 0.717) is 23.8 Å². The molecular weight excluding hydrogens is 371 g/mol. The molecule has 0 saturated heterocycles. The quantitative estimate of drug-likeness (QED) is 0.469. The molecule has 0 spiro atoms. The largest absolute Gasteiger partial charge is 0.339 e. The molecule has 29 heavy (non-hydrogen) atoms. The van der Waals surface area contributed by atoms with Gasteiger partial charge in [0.1, 0.15) is 17.5 Å². The number of carbonyl (C=O) groups excluding carboxylic acids is 1. The number of imidazole rings is 1. The maximum Gasteiger partial charge on any atom is 0.233 e. The minimum absolute atomic E-state index is 0.0176. The fourth-order valence-electron chi connectivity index (χ4n) is 3.65. The first-order valence-electron chi connectivity index (χ1n) is 9.58. The molecule has 1 unspecified atom stereocenters. The topological polar surface area (TPSA) is 73.3 Å². The average molecular weight is 390 g/mol. The fourth-order valence-corrected chi connectivity index (χ4v) is 3.65. The van der Waals surface area contributed by atoms with E-state index < -0.39 is 6.17 Å². The standard InChI is InChI=1S/C22H19FN4O2/c1-12-6-7-14(21-25-22(29-26-21)16-10-17(16)23)9-15(12)13(2)20(28)18-11-24-19-5-3-4-8-27(18)19/h3-9,11,13,16-17H,10H2,1-2H3/t13?,16-,17-/m0/s1. The van der Waals surface area contributed by atoms with Crippen LogP contribution in [0, 0.1) is 6.92 Å². The number of carbonyl (C=O) groups is 1. The van der Waals surface area contributed by atoms with Crippen molar-refractivity contribution in [1.82, 2.24) is 19.5 Å². The number of Topliss-reactive ketones (excluding diaryl/α,β-unsaturated/α-hetero) is 1.